The van der Waals surface area contributed by atoms with E-state index in [1.807, 2.05) is 13.8 Å². The minimum atomic E-state index is -0.659. The van der Waals surface area contributed by atoms with Crippen molar-refractivity contribution in [3.63, 3.8) is 0 Å². The maximum atomic E-state index is 6.03. The summed E-state index contributed by atoms with van der Waals surface area (Å²) in [5.74, 6) is -0.125. The molecule has 2 fully saturated rings. The summed E-state index contributed by atoms with van der Waals surface area (Å²) >= 11 is 10.2. The average Bonchev–Trinajstić information content (AvgIpc) is 3.09. The third-order valence-electron chi connectivity index (χ3n) is 3.85. The van der Waals surface area contributed by atoms with Gasteiger partial charge in [0.2, 0.25) is 5.28 Å². The lowest BCUT2D eigenvalue weighted by atomic mass is 10.1. The van der Waals surface area contributed by atoms with E-state index in [0.717, 1.165) is 5.39 Å². The zero-order chi connectivity index (χ0) is 15.5. The molecule has 2 saturated heterocycles. The summed E-state index contributed by atoms with van der Waals surface area (Å²) < 4.78 is 19.7. The van der Waals surface area contributed by atoms with Gasteiger partial charge in [-0.1, -0.05) is 0 Å². The van der Waals surface area contributed by atoms with Gasteiger partial charge in [0, 0.05) is 11.9 Å². The minimum Gasteiger partial charge on any atom is -0.347 e. The van der Waals surface area contributed by atoms with Gasteiger partial charge in [-0.3, -0.25) is 0 Å². The highest BCUT2D eigenvalue weighted by Crippen LogP contribution is 2.43. The smallest absolute Gasteiger partial charge is 0.224 e. The summed E-state index contributed by atoms with van der Waals surface area (Å²) in [6.45, 7) is 3.77. The van der Waals surface area contributed by atoms with Crippen molar-refractivity contribution in [3.05, 3.63) is 17.7 Å². The minimum absolute atomic E-state index is 0.165. The molecule has 22 heavy (non-hydrogen) atoms. The van der Waals surface area contributed by atoms with Gasteiger partial charge in [-0.2, -0.15) is 22.7 Å². The number of halogens is 1. The van der Waals surface area contributed by atoms with Crippen molar-refractivity contribution < 1.29 is 14.2 Å². The van der Waals surface area contributed by atoms with Crippen LogP contribution in [0.1, 0.15) is 20.1 Å². The van der Waals surface area contributed by atoms with Crippen LogP contribution in [0.4, 0.5) is 0 Å². The summed E-state index contributed by atoms with van der Waals surface area (Å²) in [4.78, 5) is 8.20. The van der Waals surface area contributed by atoms with Crippen LogP contribution in [0.3, 0.4) is 0 Å². The Hall–Kier alpha value is -0.930. The lowest BCUT2D eigenvalue weighted by Crippen LogP contribution is -2.30. The zero-order valence-electron chi connectivity index (χ0n) is 12.0. The molecular formula is C13H15ClN4O3S. The molecule has 0 radical (unpaired) electrons. The molecule has 0 aromatic carbocycles. The zero-order valence-corrected chi connectivity index (χ0v) is 13.7. The van der Waals surface area contributed by atoms with E-state index in [2.05, 4.69) is 27.7 Å². The van der Waals surface area contributed by atoms with E-state index in [0.29, 0.717) is 11.4 Å². The summed E-state index contributed by atoms with van der Waals surface area (Å²) in [6, 6.07) is 0. The van der Waals surface area contributed by atoms with Crippen molar-refractivity contribution >= 4 is 35.3 Å². The van der Waals surface area contributed by atoms with Gasteiger partial charge in [-0.05, 0) is 25.4 Å². The molecule has 2 aromatic heterocycles. The first-order valence-corrected chi connectivity index (χ1v) is 7.97. The van der Waals surface area contributed by atoms with Gasteiger partial charge < -0.3 is 14.2 Å². The molecule has 2 aliphatic heterocycles. The van der Waals surface area contributed by atoms with Gasteiger partial charge in [-0.25, -0.2) is 9.67 Å². The van der Waals surface area contributed by atoms with Crippen LogP contribution in [-0.2, 0) is 14.2 Å². The number of hydrogen-bond acceptors (Lipinski definition) is 7. The fraction of sp³-hybridized carbons (Fsp3) is 0.615. The van der Waals surface area contributed by atoms with E-state index in [9.17, 15) is 0 Å². The second-order valence-corrected chi connectivity index (χ2v) is 6.52. The number of rotatable bonds is 2. The molecule has 0 N–H and O–H groups in total. The first-order chi connectivity index (χ1) is 10.5. The average molecular weight is 343 g/mol. The Balaban J connectivity index is 1.76. The van der Waals surface area contributed by atoms with Crippen LogP contribution in [0.5, 0.6) is 0 Å². The van der Waals surface area contributed by atoms with Gasteiger partial charge in [0.1, 0.15) is 12.2 Å². The Kier molecular flexibility index (Phi) is 3.35. The molecule has 2 aliphatic rings. The van der Waals surface area contributed by atoms with Crippen LogP contribution in [0.15, 0.2) is 12.4 Å². The largest absolute Gasteiger partial charge is 0.347 e. The molecule has 118 valence electrons. The van der Waals surface area contributed by atoms with E-state index in [1.54, 1.807) is 17.1 Å². The predicted molar refractivity (Wildman–Crippen MR) is 81.9 cm³/mol. The molecule has 0 bridgehead atoms. The number of ether oxygens (including phenoxy) is 3. The molecule has 2 aromatic rings. The SMILES string of the molecule is CC1(C)O[C@@H]2[C@H](O1)[C@@H](CS)O[C@H]2n1ncc2cnc(Cl)nc21. The standard InChI is InChI=1S/C13H15ClN4O3S/c1-13(2)20-8-7(5-22)19-11(9(8)21-13)18-10-6(4-16-18)3-15-12(14)17-10/h3-4,7-9,11,22H,5H2,1-2H3/t7-,8-,9-,11-/m1/s1. The number of thiol groups is 1. The van der Waals surface area contributed by atoms with Crippen molar-refractivity contribution in [2.24, 2.45) is 0 Å². The highest BCUT2D eigenvalue weighted by Gasteiger charge is 2.56. The predicted octanol–water partition coefficient (Wildman–Crippen LogP) is 1.83. The van der Waals surface area contributed by atoms with Crippen LogP contribution in [0.2, 0.25) is 5.28 Å². The number of hydrogen-bond donors (Lipinski definition) is 1. The van der Waals surface area contributed by atoms with E-state index >= 15 is 0 Å². The maximum Gasteiger partial charge on any atom is 0.224 e. The summed E-state index contributed by atoms with van der Waals surface area (Å²) in [6.07, 6.45) is 2.24. The van der Waals surface area contributed by atoms with Crippen LogP contribution >= 0.6 is 24.2 Å². The molecular weight excluding hydrogens is 328 g/mol. The summed E-state index contributed by atoms with van der Waals surface area (Å²) in [5, 5.41) is 5.32. The highest BCUT2D eigenvalue weighted by atomic mass is 35.5. The fourth-order valence-electron chi connectivity index (χ4n) is 3.00. The summed E-state index contributed by atoms with van der Waals surface area (Å²) in [5.41, 5.74) is 0.608. The normalized spacial score (nSPS) is 33.5. The lowest BCUT2D eigenvalue weighted by Gasteiger charge is -2.23. The van der Waals surface area contributed by atoms with Gasteiger partial charge >= 0.3 is 0 Å². The summed E-state index contributed by atoms with van der Waals surface area (Å²) in [7, 11) is 0. The molecule has 0 spiro atoms. The van der Waals surface area contributed by atoms with Gasteiger partial charge in [0.15, 0.2) is 17.7 Å². The first kappa shape index (κ1) is 14.6. The molecule has 0 amide bonds. The van der Waals surface area contributed by atoms with E-state index in [4.69, 9.17) is 25.8 Å². The Morgan fingerprint density at radius 3 is 2.86 bits per heavy atom. The topological polar surface area (TPSA) is 71.3 Å². The second kappa shape index (κ2) is 5.04. The molecule has 9 heteroatoms. The lowest BCUT2D eigenvalue weighted by molar-refractivity contribution is -0.195. The second-order valence-electron chi connectivity index (χ2n) is 5.82. The van der Waals surface area contributed by atoms with Crippen LogP contribution < -0.4 is 0 Å². The first-order valence-electron chi connectivity index (χ1n) is 6.96. The quantitative estimate of drug-likeness (QED) is 0.663. The van der Waals surface area contributed by atoms with E-state index in [-0.39, 0.29) is 23.6 Å². The molecule has 0 aliphatic carbocycles. The Morgan fingerprint density at radius 1 is 1.32 bits per heavy atom. The van der Waals surface area contributed by atoms with Gasteiger partial charge in [0.05, 0.1) is 17.7 Å². The Bertz CT molecular complexity index is 724. The number of fused-ring (bicyclic) bond motifs is 2. The number of nitrogens with zero attached hydrogens (tertiary/aromatic N) is 4. The van der Waals surface area contributed by atoms with Crippen LogP contribution in [0.25, 0.3) is 11.0 Å². The maximum absolute atomic E-state index is 6.03. The monoisotopic (exact) mass is 342 g/mol. The Labute approximate surface area is 137 Å². The molecule has 0 unspecified atom stereocenters. The van der Waals surface area contributed by atoms with E-state index in [1.165, 1.54) is 0 Å². The van der Waals surface area contributed by atoms with Crippen LogP contribution in [0, 0.1) is 0 Å². The molecule has 4 rings (SSSR count). The Morgan fingerprint density at radius 2 is 2.09 bits per heavy atom. The number of aromatic nitrogens is 4. The van der Waals surface area contributed by atoms with E-state index < -0.39 is 12.0 Å². The third-order valence-corrected chi connectivity index (χ3v) is 4.39. The van der Waals surface area contributed by atoms with Crippen molar-refractivity contribution in [2.45, 2.75) is 44.2 Å². The van der Waals surface area contributed by atoms with Crippen molar-refractivity contribution in [3.8, 4) is 0 Å². The molecule has 7 nitrogen and oxygen atoms in total. The van der Waals surface area contributed by atoms with Crippen molar-refractivity contribution in [1.82, 2.24) is 19.7 Å². The fourth-order valence-corrected chi connectivity index (χ4v) is 3.43. The van der Waals surface area contributed by atoms with Gasteiger partial charge in [0.25, 0.3) is 0 Å². The van der Waals surface area contributed by atoms with Gasteiger partial charge in [-0.15, -0.1) is 0 Å². The van der Waals surface area contributed by atoms with Crippen LogP contribution in [-0.4, -0.2) is 49.6 Å². The molecule has 4 atom stereocenters. The van der Waals surface area contributed by atoms with Crippen molar-refractivity contribution in [1.29, 1.82) is 0 Å². The molecule has 4 heterocycles. The molecule has 0 saturated carbocycles. The van der Waals surface area contributed by atoms with Crippen molar-refractivity contribution in [2.75, 3.05) is 5.75 Å². The highest BCUT2D eigenvalue weighted by molar-refractivity contribution is 7.80. The third kappa shape index (κ3) is 2.21.